The molecule has 0 amide bonds. The van der Waals surface area contributed by atoms with Crippen LogP contribution in [0.5, 0.6) is 0 Å². The van der Waals surface area contributed by atoms with Gasteiger partial charge in [0.1, 0.15) is 0 Å². The fourth-order valence-electron chi connectivity index (χ4n) is 1.54. The molecule has 1 aliphatic rings. The predicted octanol–water partition coefficient (Wildman–Crippen LogP) is 2.50. The number of benzene rings is 1. The quantitative estimate of drug-likeness (QED) is 0.434. The molecule has 0 N–H and O–H groups in total. The molecule has 0 saturated heterocycles. The summed E-state index contributed by atoms with van der Waals surface area (Å²) in [6, 6.07) is 6.39. The summed E-state index contributed by atoms with van der Waals surface area (Å²) in [5, 5.41) is 10.6. The molecule has 0 unspecified atom stereocenters. The number of nitro benzene ring substituents is 1. The van der Waals surface area contributed by atoms with E-state index in [1.807, 2.05) is 0 Å². The summed E-state index contributed by atoms with van der Waals surface area (Å²) < 4.78 is 0.688. The first-order chi connectivity index (χ1) is 7.66. The van der Waals surface area contributed by atoms with E-state index >= 15 is 0 Å². The van der Waals surface area contributed by atoms with Crippen LogP contribution in [0.4, 0.5) is 5.69 Å². The van der Waals surface area contributed by atoms with Crippen LogP contribution in [-0.2, 0) is 0 Å². The van der Waals surface area contributed by atoms with Crippen molar-refractivity contribution in [3.63, 3.8) is 0 Å². The Kier molecular flexibility index (Phi) is 2.59. The van der Waals surface area contributed by atoms with E-state index in [4.69, 9.17) is 0 Å². The van der Waals surface area contributed by atoms with Gasteiger partial charge in [-0.2, -0.15) is 0 Å². The largest absolute Gasteiger partial charge is 0.269 e. The van der Waals surface area contributed by atoms with Gasteiger partial charge in [0.2, 0.25) is 12.4 Å². The van der Waals surface area contributed by atoms with Gasteiger partial charge in [-0.05, 0) is 17.7 Å². The lowest BCUT2D eigenvalue weighted by Gasteiger charge is -2.07. The van der Waals surface area contributed by atoms with Crippen LogP contribution in [0.3, 0.4) is 0 Å². The van der Waals surface area contributed by atoms with Crippen molar-refractivity contribution >= 4 is 5.69 Å². The molecule has 0 spiro atoms. The minimum Gasteiger partial charge on any atom is -0.258 e. The van der Waals surface area contributed by atoms with Crippen LogP contribution < -0.4 is 0 Å². The second-order valence-corrected chi connectivity index (χ2v) is 3.42. The standard InChI is InChI=1S/C11H9N2O3/c14-12-6-4-9(5-7-12)10-2-1-3-11(8-10)13(15)16/h1-9H/q+1. The van der Waals surface area contributed by atoms with E-state index in [0.29, 0.717) is 4.76 Å². The van der Waals surface area contributed by atoms with E-state index in [-0.39, 0.29) is 11.6 Å². The molecule has 0 saturated carbocycles. The van der Waals surface area contributed by atoms with Crippen molar-refractivity contribution in [1.82, 2.24) is 0 Å². The molecule has 1 heterocycles. The molecule has 0 fully saturated rings. The third-order valence-electron chi connectivity index (χ3n) is 2.35. The zero-order valence-corrected chi connectivity index (χ0v) is 8.32. The van der Waals surface area contributed by atoms with Gasteiger partial charge in [0.05, 0.1) is 9.68 Å². The summed E-state index contributed by atoms with van der Waals surface area (Å²) in [5.41, 5.74) is 0.860. The van der Waals surface area contributed by atoms with Crippen molar-refractivity contribution in [2.75, 3.05) is 0 Å². The molecular formula is C11H9N2O3+. The number of nitrogens with zero attached hydrogens (tertiary/aromatic N) is 2. The number of hydrogen-bond acceptors (Lipinski definition) is 3. The molecule has 1 aromatic rings. The van der Waals surface area contributed by atoms with Crippen LogP contribution in [0.15, 0.2) is 48.8 Å². The maximum Gasteiger partial charge on any atom is 0.269 e. The highest BCUT2D eigenvalue weighted by molar-refractivity contribution is 5.39. The molecule has 0 radical (unpaired) electrons. The molecular weight excluding hydrogens is 208 g/mol. The molecule has 0 bridgehead atoms. The first kappa shape index (κ1) is 10.2. The van der Waals surface area contributed by atoms with Crippen molar-refractivity contribution < 1.29 is 9.68 Å². The monoisotopic (exact) mass is 217 g/mol. The highest BCUT2D eigenvalue weighted by Crippen LogP contribution is 2.24. The van der Waals surface area contributed by atoms with Crippen molar-refractivity contribution in [3.05, 3.63) is 69.4 Å². The van der Waals surface area contributed by atoms with Crippen LogP contribution in [-0.4, -0.2) is 9.68 Å². The first-order valence-corrected chi connectivity index (χ1v) is 4.73. The topological polar surface area (TPSA) is 63.2 Å². The lowest BCUT2D eigenvalue weighted by molar-refractivity contribution is -0.404. The van der Waals surface area contributed by atoms with Gasteiger partial charge in [-0.25, -0.2) is 0 Å². The lowest BCUT2D eigenvalue weighted by Crippen LogP contribution is -2.00. The Morgan fingerprint density at radius 3 is 2.56 bits per heavy atom. The van der Waals surface area contributed by atoms with E-state index in [0.717, 1.165) is 5.56 Å². The summed E-state index contributed by atoms with van der Waals surface area (Å²) in [6.45, 7) is 0. The second-order valence-electron chi connectivity index (χ2n) is 3.42. The molecule has 0 aliphatic carbocycles. The second kappa shape index (κ2) is 4.06. The number of non-ortho nitro benzene ring substituents is 1. The number of allylic oxidation sites excluding steroid dienone is 2. The molecule has 5 nitrogen and oxygen atoms in total. The zero-order valence-electron chi connectivity index (χ0n) is 8.32. The molecule has 1 aliphatic heterocycles. The Hall–Kier alpha value is -2.30. The SMILES string of the molecule is O=[N+]1C=CC(c2cccc([N+](=O)[O-])c2)C=C1. The molecule has 2 rings (SSSR count). The van der Waals surface area contributed by atoms with Gasteiger partial charge in [0.25, 0.3) is 5.69 Å². The van der Waals surface area contributed by atoms with E-state index in [9.17, 15) is 15.0 Å². The third-order valence-corrected chi connectivity index (χ3v) is 2.35. The smallest absolute Gasteiger partial charge is 0.258 e. The Morgan fingerprint density at radius 1 is 1.25 bits per heavy atom. The van der Waals surface area contributed by atoms with Crippen molar-refractivity contribution in [3.8, 4) is 0 Å². The highest BCUT2D eigenvalue weighted by Gasteiger charge is 2.15. The number of nitroso groups, excluding NO2 is 1. The number of rotatable bonds is 2. The predicted molar refractivity (Wildman–Crippen MR) is 57.7 cm³/mol. The minimum atomic E-state index is -0.431. The van der Waals surface area contributed by atoms with Crippen LogP contribution in [0.2, 0.25) is 0 Å². The van der Waals surface area contributed by atoms with Gasteiger partial charge in [0, 0.05) is 23.0 Å². The Balaban J connectivity index is 2.31. The molecule has 16 heavy (non-hydrogen) atoms. The van der Waals surface area contributed by atoms with Crippen LogP contribution >= 0.6 is 0 Å². The molecule has 0 atom stereocenters. The molecule has 1 aromatic carbocycles. The van der Waals surface area contributed by atoms with Gasteiger partial charge < -0.3 is 0 Å². The summed E-state index contributed by atoms with van der Waals surface area (Å²) in [5.74, 6) is -0.0786. The van der Waals surface area contributed by atoms with Crippen molar-refractivity contribution in [1.29, 1.82) is 0 Å². The van der Waals surface area contributed by atoms with Crippen molar-refractivity contribution in [2.24, 2.45) is 0 Å². The van der Waals surface area contributed by atoms with Crippen LogP contribution in [0.1, 0.15) is 11.5 Å². The van der Waals surface area contributed by atoms with Gasteiger partial charge in [-0.3, -0.25) is 10.1 Å². The summed E-state index contributed by atoms with van der Waals surface area (Å²) in [7, 11) is 0. The maximum absolute atomic E-state index is 10.8. The number of hydrogen-bond donors (Lipinski definition) is 0. The van der Waals surface area contributed by atoms with E-state index in [1.165, 1.54) is 24.5 Å². The fourth-order valence-corrected chi connectivity index (χ4v) is 1.54. The lowest BCUT2D eigenvalue weighted by atomic mass is 9.97. The third kappa shape index (κ3) is 2.03. The van der Waals surface area contributed by atoms with E-state index in [2.05, 4.69) is 0 Å². The molecule has 80 valence electrons. The highest BCUT2D eigenvalue weighted by atomic mass is 16.6. The average molecular weight is 217 g/mol. The first-order valence-electron chi connectivity index (χ1n) is 4.73. The Labute approximate surface area is 91.4 Å². The Bertz CT molecular complexity index is 490. The van der Waals surface area contributed by atoms with Gasteiger partial charge in [0.15, 0.2) is 0 Å². The van der Waals surface area contributed by atoms with Gasteiger partial charge in [-0.15, -0.1) is 0 Å². The van der Waals surface area contributed by atoms with Gasteiger partial charge >= 0.3 is 0 Å². The van der Waals surface area contributed by atoms with Crippen LogP contribution in [0.25, 0.3) is 0 Å². The van der Waals surface area contributed by atoms with E-state index < -0.39 is 4.92 Å². The van der Waals surface area contributed by atoms with Crippen molar-refractivity contribution in [2.45, 2.75) is 5.92 Å². The molecule has 5 heteroatoms. The normalized spacial score (nSPS) is 15.4. The summed E-state index contributed by atoms with van der Waals surface area (Å²) >= 11 is 0. The Morgan fingerprint density at radius 2 is 1.94 bits per heavy atom. The van der Waals surface area contributed by atoms with Gasteiger partial charge in [-0.1, -0.05) is 12.1 Å². The maximum atomic E-state index is 10.8. The summed E-state index contributed by atoms with van der Waals surface area (Å²) in [6.07, 6.45) is 6.19. The average Bonchev–Trinajstić information content (AvgIpc) is 2.30. The number of nitro groups is 1. The summed E-state index contributed by atoms with van der Waals surface area (Å²) in [4.78, 5) is 21.0. The zero-order chi connectivity index (χ0) is 11.5. The van der Waals surface area contributed by atoms with Crippen LogP contribution in [0, 0.1) is 15.0 Å². The van der Waals surface area contributed by atoms with E-state index in [1.54, 1.807) is 24.3 Å². The minimum absolute atomic E-state index is 0.0591. The fraction of sp³-hybridized carbons (Fsp3) is 0.0909. The molecule has 0 aromatic heterocycles.